The summed E-state index contributed by atoms with van der Waals surface area (Å²) in [5, 5.41) is 9.55. The van der Waals surface area contributed by atoms with Gasteiger partial charge >= 0.3 is 5.97 Å². The standard InChI is InChI=1S/C27H40O2/c1-3-5-7-9-10-12-22-14-16-23(17-15-22)24-18-20-25(21-19-24)26(27(28)29)13-11-8-6-4-2/h8,11,13,18-23H,3-7,9-10,12,14-17H2,1-2H3,(H,28,29)/t22-,23-. The minimum Gasteiger partial charge on any atom is -0.478 e. The Morgan fingerprint density at radius 1 is 0.966 bits per heavy atom. The van der Waals surface area contributed by atoms with E-state index in [0.717, 1.165) is 24.3 Å². The molecule has 1 saturated carbocycles. The van der Waals surface area contributed by atoms with Crippen molar-refractivity contribution in [3.63, 3.8) is 0 Å². The molecule has 0 aliphatic heterocycles. The summed E-state index contributed by atoms with van der Waals surface area (Å²) >= 11 is 0. The van der Waals surface area contributed by atoms with E-state index in [9.17, 15) is 9.90 Å². The molecule has 0 bridgehead atoms. The number of hydrogen-bond acceptors (Lipinski definition) is 1. The van der Waals surface area contributed by atoms with Crippen LogP contribution in [0.25, 0.3) is 5.57 Å². The molecule has 2 heteroatoms. The van der Waals surface area contributed by atoms with E-state index in [1.165, 1.54) is 69.8 Å². The van der Waals surface area contributed by atoms with Crippen LogP contribution in [0.4, 0.5) is 0 Å². The number of allylic oxidation sites excluding steroid dienone is 3. The van der Waals surface area contributed by atoms with E-state index in [1.54, 1.807) is 6.08 Å². The normalized spacial score (nSPS) is 20.3. The van der Waals surface area contributed by atoms with Crippen LogP contribution in [0.5, 0.6) is 0 Å². The van der Waals surface area contributed by atoms with Gasteiger partial charge in [-0.05, 0) is 61.1 Å². The molecule has 0 amide bonds. The van der Waals surface area contributed by atoms with Crippen LogP contribution in [0.2, 0.25) is 0 Å². The minimum absolute atomic E-state index is 0.371. The van der Waals surface area contributed by atoms with Crippen molar-refractivity contribution in [2.45, 2.75) is 96.8 Å². The molecule has 2 rings (SSSR count). The van der Waals surface area contributed by atoms with Crippen LogP contribution in [-0.4, -0.2) is 11.1 Å². The zero-order chi connectivity index (χ0) is 20.9. The number of carboxylic acids is 1. The first kappa shape index (κ1) is 23.4. The van der Waals surface area contributed by atoms with Crippen molar-refractivity contribution in [1.29, 1.82) is 0 Å². The molecule has 1 aliphatic rings. The second-order valence-electron chi connectivity index (χ2n) is 8.64. The molecule has 0 radical (unpaired) electrons. The Labute approximate surface area is 178 Å². The summed E-state index contributed by atoms with van der Waals surface area (Å²) in [6, 6.07) is 8.28. The van der Waals surface area contributed by atoms with Gasteiger partial charge in [0.05, 0.1) is 5.57 Å². The Kier molecular flexibility index (Phi) is 10.8. The van der Waals surface area contributed by atoms with Gasteiger partial charge < -0.3 is 5.11 Å². The van der Waals surface area contributed by atoms with Gasteiger partial charge in [-0.1, -0.05) is 95.2 Å². The molecule has 2 nitrogen and oxygen atoms in total. The van der Waals surface area contributed by atoms with Gasteiger partial charge in [-0.15, -0.1) is 0 Å². The Balaban J connectivity index is 1.86. The van der Waals surface area contributed by atoms with E-state index in [2.05, 4.69) is 26.0 Å². The monoisotopic (exact) mass is 396 g/mol. The molecule has 160 valence electrons. The van der Waals surface area contributed by atoms with Crippen LogP contribution >= 0.6 is 0 Å². The van der Waals surface area contributed by atoms with Crippen molar-refractivity contribution in [3.05, 3.63) is 53.6 Å². The van der Waals surface area contributed by atoms with Crippen molar-refractivity contribution >= 4 is 11.5 Å². The lowest BCUT2D eigenvalue weighted by atomic mass is 9.77. The molecule has 0 saturated heterocycles. The highest BCUT2D eigenvalue weighted by Crippen LogP contribution is 2.38. The van der Waals surface area contributed by atoms with Gasteiger partial charge in [0, 0.05) is 0 Å². The summed E-state index contributed by atoms with van der Waals surface area (Å²) in [7, 11) is 0. The molecule has 1 aromatic carbocycles. The smallest absolute Gasteiger partial charge is 0.336 e. The van der Waals surface area contributed by atoms with E-state index in [0.29, 0.717) is 11.5 Å². The molecule has 29 heavy (non-hydrogen) atoms. The third kappa shape index (κ3) is 8.20. The molecule has 0 heterocycles. The second-order valence-corrected chi connectivity index (χ2v) is 8.64. The van der Waals surface area contributed by atoms with E-state index in [1.807, 2.05) is 24.3 Å². The van der Waals surface area contributed by atoms with Gasteiger partial charge in [0.15, 0.2) is 0 Å². The lowest BCUT2D eigenvalue weighted by Crippen LogP contribution is -2.13. The number of carboxylic acid groups (broad SMARTS) is 1. The predicted octanol–water partition coefficient (Wildman–Crippen LogP) is 8.15. The predicted molar refractivity (Wildman–Crippen MR) is 124 cm³/mol. The van der Waals surface area contributed by atoms with Crippen LogP contribution in [0.1, 0.15) is 108 Å². The Morgan fingerprint density at radius 2 is 1.66 bits per heavy atom. The van der Waals surface area contributed by atoms with Crippen LogP contribution in [0.3, 0.4) is 0 Å². The van der Waals surface area contributed by atoms with Crippen LogP contribution in [0.15, 0.2) is 42.5 Å². The zero-order valence-corrected chi connectivity index (χ0v) is 18.5. The van der Waals surface area contributed by atoms with Gasteiger partial charge in [0.1, 0.15) is 0 Å². The minimum atomic E-state index is -0.863. The first-order valence-corrected chi connectivity index (χ1v) is 11.9. The highest BCUT2D eigenvalue weighted by Gasteiger charge is 2.22. The lowest BCUT2D eigenvalue weighted by molar-refractivity contribution is -0.130. The molecule has 1 aliphatic carbocycles. The summed E-state index contributed by atoms with van der Waals surface area (Å²) in [6.45, 7) is 4.39. The molecular formula is C27H40O2. The van der Waals surface area contributed by atoms with Crippen molar-refractivity contribution in [1.82, 2.24) is 0 Å². The van der Waals surface area contributed by atoms with Gasteiger partial charge in [-0.2, -0.15) is 0 Å². The van der Waals surface area contributed by atoms with Crippen molar-refractivity contribution in [3.8, 4) is 0 Å². The SMILES string of the molecule is CCCC=CC=C(C(=O)O)c1ccc([C@H]2CC[C@H](CCCCCCC)CC2)cc1. The zero-order valence-electron chi connectivity index (χ0n) is 18.5. The number of aliphatic carboxylic acids is 1. The summed E-state index contributed by atoms with van der Waals surface area (Å²) in [4.78, 5) is 11.6. The first-order chi connectivity index (χ1) is 14.2. The quantitative estimate of drug-likeness (QED) is 0.220. The number of unbranched alkanes of at least 4 members (excludes halogenated alkanes) is 5. The maximum Gasteiger partial charge on any atom is 0.336 e. The Morgan fingerprint density at radius 3 is 2.28 bits per heavy atom. The maximum absolute atomic E-state index is 11.6. The van der Waals surface area contributed by atoms with Crippen molar-refractivity contribution in [2.75, 3.05) is 0 Å². The summed E-state index contributed by atoms with van der Waals surface area (Å²) in [5.74, 6) is 0.698. The third-order valence-electron chi connectivity index (χ3n) is 6.34. The third-order valence-corrected chi connectivity index (χ3v) is 6.34. The van der Waals surface area contributed by atoms with Crippen molar-refractivity contribution < 1.29 is 9.90 Å². The fraction of sp³-hybridized carbons (Fsp3) is 0.593. The molecule has 1 N–H and O–H groups in total. The van der Waals surface area contributed by atoms with Crippen LogP contribution in [-0.2, 0) is 4.79 Å². The maximum atomic E-state index is 11.6. The highest BCUT2D eigenvalue weighted by atomic mass is 16.4. The first-order valence-electron chi connectivity index (χ1n) is 11.9. The van der Waals surface area contributed by atoms with Crippen molar-refractivity contribution in [2.24, 2.45) is 5.92 Å². The summed E-state index contributed by atoms with van der Waals surface area (Å²) < 4.78 is 0. The largest absolute Gasteiger partial charge is 0.478 e. The molecule has 0 spiro atoms. The molecule has 1 aromatic rings. The van der Waals surface area contributed by atoms with E-state index >= 15 is 0 Å². The average Bonchev–Trinajstić information content (AvgIpc) is 2.74. The average molecular weight is 397 g/mol. The topological polar surface area (TPSA) is 37.3 Å². The second kappa shape index (κ2) is 13.4. The molecule has 0 aromatic heterocycles. The molecule has 0 unspecified atom stereocenters. The van der Waals surface area contributed by atoms with E-state index in [4.69, 9.17) is 0 Å². The van der Waals surface area contributed by atoms with E-state index in [-0.39, 0.29) is 0 Å². The fourth-order valence-corrected chi connectivity index (χ4v) is 4.47. The molecule has 0 atom stereocenters. The van der Waals surface area contributed by atoms with Gasteiger partial charge in [-0.25, -0.2) is 4.79 Å². The van der Waals surface area contributed by atoms with Crippen LogP contribution < -0.4 is 0 Å². The summed E-state index contributed by atoms with van der Waals surface area (Å²) in [5.41, 5.74) is 2.54. The van der Waals surface area contributed by atoms with Gasteiger partial charge in [0.2, 0.25) is 0 Å². The Hall–Kier alpha value is -1.83. The number of hydrogen-bond donors (Lipinski definition) is 1. The number of benzene rings is 1. The molecule has 1 fully saturated rings. The Bertz CT molecular complexity index is 646. The number of rotatable bonds is 12. The van der Waals surface area contributed by atoms with E-state index < -0.39 is 5.97 Å². The van der Waals surface area contributed by atoms with Gasteiger partial charge in [0.25, 0.3) is 0 Å². The van der Waals surface area contributed by atoms with Gasteiger partial charge in [-0.3, -0.25) is 0 Å². The molecular weight excluding hydrogens is 356 g/mol. The lowest BCUT2D eigenvalue weighted by Gasteiger charge is -2.29. The fourth-order valence-electron chi connectivity index (χ4n) is 4.47. The summed E-state index contributed by atoms with van der Waals surface area (Å²) in [6.07, 6.45) is 21.2. The number of carbonyl (C=O) groups is 1. The highest BCUT2D eigenvalue weighted by molar-refractivity contribution is 6.15. The van der Waals surface area contributed by atoms with Crippen LogP contribution in [0, 0.1) is 5.92 Å².